The van der Waals surface area contributed by atoms with Gasteiger partial charge in [0.2, 0.25) is 0 Å². The molecule has 0 atom stereocenters. The van der Waals surface area contributed by atoms with E-state index in [0.29, 0.717) is 18.2 Å². The number of nitro groups is 1. The Morgan fingerprint density at radius 2 is 2.00 bits per heavy atom. The third-order valence-corrected chi connectivity index (χ3v) is 5.45. The molecule has 0 unspecified atom stereocenters. The molecule has 0 spiro atoms. The second-order valence-corrected chi connectivity index (χ2v) is 8.09. The van der Waals surface area contributed by atoms with Crippen LogP contribution < -0.4 is 5.32 Å². The number of anilines is 1. The minimum Gasteiger partial charge on any atom is -0.379 e. The molecule has 116 valence electrons. The van der Waals surface area contributed by atoms with Crippen molar-refractivity contribution in [3.05, 3.63) is 28.3 Å². The summed E-state index contributed by atoms with van der Waals surface area (Å²) >= 11 is 0. The lowest BCUT2D eigenvalue weighted by Gasteiger charge is -2.20. The summed E-state index contributed by atoms with van der Waals surface area (Å²) in [6, 6.07) is 4.00. The monoisotopic (exact) mass is 312 g/mol. The van der Waals surface area contributed by atoms with E-state index in [1.165, 1.54) is 12.1 Å². The summed E-state index contributed by atoms with van der Waals surface area (Å²) in [5, 5.41) is 14.3. The lowest BCUT2D eigenvalue weighted by Crippen LogP contribution is -2.21. The van der Waals surface area contributed by atoms with E-state index in [1.807, 2.05) is 0 Å². The van der Waals surface area contributed by atoms with Gasteiger partial charge in [-0.2, -0.15) is 0 Å². The summed E-state index contributed by atoms with van der Waals surface area (Å²) in [4.78, 5) is 10.6. The second-order valence-electron chi connectivity index (χ2n) is 6.08. The molecule has 0 aliphatic heterocycles. The first-order valence-corrected chi connectivity index (χ1v) is 8.77. The number of hydrogen-bond donors (Lipinski definition) is 1. The Morgan fingerprint density at radius 1 is 1.38 bits per heavy atom. The van der Waals surface area contributed by atoms with Crippen molar-refractivity contribution in [3.8, 4) is 0 Å². The molecule has 1 aromatic rings. The Kier molecular flexibility index (Phi) is 3.97. The Labute approximate surface area is 124 Å². The highest BCUT2D eigenvalue weighted by Gasteiger charge is 2.45. The van der Waals surface area contributed by atoms with Gasteiger partial charge in [0.1, 0.15) is 5.69 Å². The highest BCUT2D eigenvalue weighted by Crippen LogP contribution is 2.51. The number of nitro benzene ring substituents is 1. The molecule has 1 N–H and O–H groups in total. The fraction of sp³-hybridized carbons (Fsp3) is 0.571. The van der Waals surface area contributed by atoms with Gasteiger partial charge in [-0.1, -0.05) is 13.8 Å². The average Bonchev–Trinajstić information content (AvgIpc) is 3.16. The van der Waals surface area contributed by atoms with Gasteiger partial charge in [0, 0.05) is 18.9 Å². The van der Waals surface area contributed by atoms with Crippen LogP contribution >= 0.6 is 0 Å². The van der Waals surface area contributed by atoms with E-state index in [-0.39, 0.29) is 16.0 Å². The Bertz CT molecular complexity index is 664. The fourth-order valence-corrected chi connectivity index (χ4v) is 3.07. The van der Waals surface area contributed by atoms with Crippen LogP contribution in [0.3, 0.4) is 0 Å². The van der Waals surface area contributed by atoms with Gasteiger partial charge in [0.15, 0.2) is 9.84 Å². The van der Waals surface area contributed by atoms with E-state index in [2.05, 4.69) is 19.2 Å². The first kappa shape index (κ1) is 15.8. The van der Waals surface area contributed by atoms with Gasteiger partial charge < -0.3 is 5.32 Å². The van der Waals surface area contributed by atoms with Crippen molar-refractivity contribution < 1.29 is 13.3 Å². The maximum absolute atomic E-state index is 11.5. The third kappa shape index (κ3) is 3.34. The van der Waals surface area contributed by atoms with Crippen molar-refractivity contribution in [3.63, 3.8) is 0 Å². The highest BCUT2D eigenvalue weighted by atomic mass is 32.2. The molecular formula is C14H20N2O4S. The van der Waals surface area contributed by atoms with Crippen LogP contribution in [0.15, 0.2) is 23.1 Å². The van der Waals surface area contributed by atoms with Crippen LogP contribution in [0, 0.1) is 21.4 Å². The predicted octanol–water partition coefficient (Wildman–Crippen LogP) is 2.85. The largest absolute Gasteiger partial charge is 0.379 e. The van der Waals surface area contributed by atoms with E-state index >= 15 is 0 Å². The minimum atomic E-state index is -3.45. The van der Waals surface area contributed by atoms with Gasteiger partial charge >= 0.3 is 0 Å². The SMILES string of the molecule is CC(C)C1(CNc2ccc(S(C)(=O)=O)cc2[N+](=O)[O-])CC1. The summed E-state index contributed by atoms with van der Waals surface area (Å²) in [7, 11) is -3.45. The molecule has 21 heavy (non-hydrogen) atoms. The molecule has 1 aliphatic carbocycles. The number of nitrogens with zero attached hydrogens (tertiary/aromatic N) is 1. The number of sulfone groups is 1. The normalized spacial score (nSPS) is 16.8. The Balaban J connectivity index is 2.26. The summed E-state index contributed by atoms with van der Waals surface area (Å²) in [5.74, 6) is 0.513. The average molecular weight is 312 g/mol. The molecule has 2 rings (SSSR count). The lowest BCUT2D eigenvalue weighted by molar-refractivity contribution is -0.384. The summed E-state index contributed by atoms with van der Waals surface area (Å²) in [6.07, 6.45) is 3.27. The number of rotatable bonds is 6. The molecule has 6 nitrogen and oxygen atoms in total. The van der Waals surface area contributed by atoms with Crippen LogP contribution in [0.1, 0.15) is 26.7 Å². The quantitative estimate of drug-likeness (QED) is 0.644. The van der Waals surface area contributed by atoms with Gasteiger partial charge in [-0.15, -0.1) is 0 Å². The molecule has 1 saturated carbocycles. The lowest BCUT2D eigenvalue weighted by atomic mass is 9.92. The fourth-order valence-electron chi connectivity index (χ4n) is 2.43. The first-order chi connectivity index (χ1) is 9.66. The van der Waals surface area contributed by atoms with Gasteiger partial charge in [0.05, 0.1) is 9.82 Å². The summed E-state index contributed by atoms with van der Waals surface area (Å²) in [6.45, 7) is 4.97. The Hall–Kier alpha value is -1.63. The molecule has 0 radical (unpaired) electrons. The third-order valence-electron chi connectivity index (χ3n) is 4.34. The number of hydrogen-bond acceptors (Lipinski definition) is 5. The van der Waals surface area contributed by atoms with E-state index in [9.17, 15) is 18.5 Å². The van der Waals surface area contributed by atoms with E-state index < -0.39 is 14.8 Å². The predicted molar refractivity (Wildman–Crippen MR) is 81.2 cm³/mol. The summed E-state index contributed by atoms with van der Waals surface area (Å²) in [5.41, 5.74) is 0.389. The van der Waals surface area contributed by atoms with Gasteiger partial charge in [0.25, 0.3) is 5.69 Å². The molecule has 1 fully saturated rings. The molecule has 0 aromatic heterocycles. The maximum atomic E-state index is 11.5. The maximum Gasteiger partial charge on any atom is 0.293 e. The zero-order chi connectivity index (χ0) is 15.8. The number of nitrogens with one attached hydrogen (secondary N) is 1. The van der Waals surface area contributed by atoms with Crippen molar-refractivity contribution >= 4 is 21.2 Å². The molecular weight excluding hydrogens is 292 g/mol. The molecule has 1 aromatic carbocycles. The van der Waals surface area contributed by atoms with Crippen molar-refractivity contribution in [2.24, 2.45) is 11.3 Å². The van der Waals surface area contributed by atoms with E-state index in [4.69, 9.17) is 0 Å². The summed E-state index contributed by atoms with van der Waals surface area (Å²) < 4.78 is 23.0. The minimum absolute atomic E-state index is 0.0373. The molecule has 7 heteroatoms. The number of benzene rings is 1. The zero-order valence-corrected chi connectivity index (χ0v) is 13.2. The zero-order valence-electron chi connectivity index (χ0n) is 12.4. The van der Waals surface area contributed by atoms with Crippen molar-refractivity contribution in [1.29, 1.82) is 0 Å². The van der Waals surface area contributed by atoms with Gasteiger partial charge in [-0.25, -0.2) is 8.42 Å². The second kappa shape index (κ2) is 5.29. The van der Waals surface area contributed by atoms with Crippen LogP contribution in [0.25, 0.3) is 0 Å². The molecule has 0 saturated heterocycles. The van der Waals surface area contributed by atoms with Gasteiger partial charge in [-0.3, -0.25) is 10.1 Å². The van der Waals surface area contributed by atoms with Crippen LogP contribution in [-0.4, -0.2) is 26.1 Å². The Morgan fingerprint density at radius 3 is 2.43 bits per heavy atom. The smallest absolute Gasteiger partial charge is 0.293 e. The first-order valence-electron chi connectivity index (χ1n) is 6.88. The van der Waals surface area contributed by atoms with Crippen molar-refractivity contribution in [2.75, 3.05) is 18.1 Å². The van der Waals surface area contributed by atoms with Crippen LogP contribution in [0.4, 0.5) is 11.4 Å². The van der Waals surface area contributed by atoms with E-state index in [1.54, 1.807) is 0 Å². The van der Waals surface area contributed by atoms with E-state index in [0.717, 1.165) is 25.2 Å². The van der Waals surface area contributed by atoms with Crippen molar-refractivity contribution in [1.82, 2.24) is 0 Å². The van der Waals surface area contributed by atoms with Crippen LogP contribution in [0.5, 0.6) is 0 Å². The van der Waals surface area contributed by atoms with Crippen molar-refractivity contribution in [2.45, 2.75) is 31.6 Å². The molecule has 0 amide bonds. The molecule has 1 aliphatic rings. The van der Waals surface area contributed by atoms with Crippen LogP contribution in [0.2, 0.25) is 0 Å². The van der Waals surface area contributed by atoms with Gasteiger partial charge in [-0.05, 0) is 36.3 Å². The van der Waals surface area contributed by atoms with Crippen LogP contribution in [-0.2, 0) is 9.84 Å². The topological polar surface area (TPSA) is 89.3 Å². The molecule has 0 heterocycles. The highest BCUT2D eigenvalue weighted by molar-refractivity contribution is 7.90. The molecule has 0 bridgehead atoms. The standard InChI is InChI=1S/C14H20N2O4S/c1-10(2)14(6-7-14)9-15-12-5-4-11(21(3,19)20)8-13(12)16(17)18/h4-5,8,10,15H,6-7,9H2,1-3H3.